The molecule has 0 rings (SSSR count). The van der Waals surface area contributed by atoms with Gasteiger partial charge >= 0.3 is 0 Å². The number of allylic oxidation sites excluding steroid dienone is 2. The predicted molar refractivity (Wildman–Crippen MR) is 43.9 cm³/mol. The largest absolute Gasteiger partial charge is 0.300 e. The summed E-state index contributed by atoms with van der Waals surface area (Å²) in [7, 11) is 0. The van der Waals surface area contributed by atoms with Crippen LogP contribution in [0.15, 0.2) is 12.2 Å². The summed E-state index contributed by atoms with van der Waals surface area (Å²) in [5.41, 5.74) is 0.204. The second-order valence-corrected chi connectivity index (χ2v) is 3.67. The maximum Gasteiger partial charge on any atom is 0.133 e. The van der Waals surface area contributed by atoms with Crippen molar-refractivity contribution in [3.05, 3.63) is 12.2 Å². The summed E-state index contributed by atoms with van der Waals surface area (Å²) in [4.78, 5) is 10.5. The zero-order chi connectivity index (χ0) is 8.20. The first-order valence-electron chi connectivity index (χ1n) is 3.59. The maximum atomic E-state index is 10.5. The number of hydrogen-bond donors (Lipinski definition) is 0. The maximum absolute atomic E-state index is 10.5. The molecule has 0 bridgehead atoms. The molecule has 0 aliphatic rings. The Morgan fingerprint density at radius 1 is 1.40 bits per heavy atom. The Morgan fingerprint density at radius 3 is 2.20 bits per heavy atom. The Labute approximate surface area is 63.1 Å². The van der Waals surface area contributed by atoms with Gasteiger partial charge < -0.3 is 0 Å². The summed E-state index contributed by atoms with van der Waals surface area (Å²) in [5, 5.41) is 0. The number of carbonyl (C=O) groups is 1. The summed E-state index contributed by atoms with van der Waals surface area (Å²) in [5.74, 6) is 0.223. The average molecular weight is 140 g/mol. The highest BCUT2D eigenvalue weighted by Gasteiger charge is 2.02. The van der Waals surface area contributed by atoms with Gasteiger partial charge in [0.2, 0.25) is 0 Å². The minimum Gasteiger partial charge on any atom is -0.300 e. The fraction of sp³-hybridized carbons (Fsp3) is 0.667. The molecular weight excluding hydrogens is 124 g/mol. The third-order valence-corrected chi connectivity index (χ3v) is 1.02. The van der Waals surface area contributed by atoms with Crippen molar-refractivity contribution >= 4 is 5.78 Å². The molecule has 1 heteroatoms. The molecular formula is C9H16O. The first-order chi connectivity index (χ1) is 4.42. The molecule has 0 aliphatic heterocycles. The van der Waals surface area contributed by atoms with Gasteiger partial charge in [-0.1, -0.05) is 32.9 Å². The summed E-state index contributed by atoms with van der Waals surface area (Å²) in [6.07, 6.45) is 4.56. The van der Waals surface area contributed by atoms with E-state index in [1.54, 1.807) is 6.92 Å². The van der Waals surface area contributed by atoms with Crippen LogP contribution in [0.3, 0.4) is 0 Å². The van der Waals surface area contributed by atoms with Crippen LogP contribution >= 0.6 is 0 Å². The molecule has 0 unspecified atom stereocenters. The molecule has 0 saturated carbocycles. The second kappa shape index (κ2) is 3.55. The van der Waals surface area contributed by atoms with Crippen molar-refractivity contribution in [2.75, 3.05) is 0 Å². The van der Waals surface area contributed by atoms with Crippen LogP contribution in [0.4, 0.5) is 0 Å². The van der Waals surface area contributed by atoms with Crippen molar-refractivity contribution in [1.82, 2.24) is 0 Å². The molecule has 0 aromatic heterocycles. The van der Waals surface area contributed by atoms with E-state index >= 15 is 0 Å². The van der Waals surface area contributed by atoms with Gasteiger partial charge in [0.25, 0.3) is 0 Å². The lowest BCUT2D eigenvalue weighted by atomic mass is 9.96. The third kappa shape index (κ3) is 7.41. The highest BCUT2D eigenvalue weighted by molar-refractivity contribution is 5.76. The quantitative estimate of drug-likeness (QED) is 0.539. The monoisotopic (exact) mass is 140 g/mol. The van der Waals surface area contributed by atoms with Crippen LogP contribution in [-0.2, 0) is 4.79 Å². The van der Waals surface area contributed by atoms with Gasteiger partial charge in [0, 0.05) is 6.42 Å². The van der Waals surface area contributed by atoms with E-state index in [0.29, 0.717) is 6.42 Å². The highest BCUT2D eigenvalue weighted by Crippen LogP contribution is 2.14. The van der Waals surface area contributed by atoms with Gasteiger partial charge in [-0.15, -0.1) is 0 Å². The summed E-state index contributed by atoms with van der Waals surface area (Å²) >= 11 is 0. The number of carbonyl (C=O) groups excluding carboxylic acids is 1. The SMILES string of the molecule is CC(=O)CC=CC(C)(C)C. The molecule has 0 spiro atoms. The Hall–Kier alpha value is -0.590. The standard InChI is InChI=1S/C9H16O/c1-8(10)6-5-7-9(2,3)4/h5,7H,6H2,1-4H3. The molecule has 0 radical (unpaired) electrons. The summed E-state index contributed by atoms with van der Waals surface area (Å²) in [6, 6.07) is 0. The molecule has 1 nitrogen and oxygen atoms in total. The lowest BCUT2D eigenvalue weighted by Gasteiger charge is -2.10. The smallest absolute Gasteiger partial charge is 0.133 e. The Balaban J connectivity index is 3.67. The summed E-state index contributed by atoms with van der Waals surface area (Å²) in [6.45, 7) is 7.95. The number of rotatable bonds is 2. The van der Waals surface area contributed by atoms with Crippen LogP contribution in [0.5, 0.6) is 0 Å². The second-order valence-electron chi connectivity index (χ2n) is 3.67. The van der Waals surface area contributed by atoms with E-state index in [1.807, 2.05) is 6.08 Å². The van der Waals surface area contributed by atoms with Crippen molar-refractivity contribution < 1.29 is 4.79 Å². The molecule has 0 atom stereocenters. The Bertz CT molecular complexity index is 137. The van der Waals surface area contributed by atoms with Gasteiger partial charge in [-0.05, 0) is 12.3 Å². The van der Waals surface area contributed by atoms with E-state index in [9.17, 15) is 4.79 Å². The number of Topliss-reactive ketones (excluding diaryl/α,β-unsaturated/α-hetero) is 1. The predicted octanol–water partition coefficient (Wildman–Crippen LogP) is 2.57. The summed E-state index contributed by atoms with van der Waals surface area (Å²) < 4.78 is 0. The normalized spacial score (nSPS) is 12.4. The topological polar surface area (TPSA) is 17.1 Å². The minimum atomic E-state index is 0.204. The van der Waals surface area contributed by atoms with Crippen molar-refractivity contribution in [2.24, 2.45) is 5.41 Å². The van der Waals surface area contributed by atoms with Gasteiger partial charge in [0.1, 0.15) is 5.78 Å². The Kier molecular flexibility index (Phi) is 3.34. The van der Waals surface area contributed by atoms with E-state index in [4.69, 9.17) is 0 Å². The molecule has 10 heavy (non-hydrogen) atoms. The van der Waals surface area contributed by atoms with Gasteiger partial charge in [-0.25, -0.2) is 0 Å². The lowest BCUT2D eigenvalue weighted by molar-refractivity contribution is -0.116. The van der Waals surface area contributed by atoms with E-state index in [-0.39, 0.29) is 11.2 Å². The molecule has 0 amide bonds. The molecule has 0 saturated heterocycles. The van der Waals surface area contributed by atoms with E-state index in [0.717, 1.165) is 0 Å². The first-order valence-corrected chi connectivity index (χ1v) is 3.59. The van der Waals surface area contributed by atoms with Gasteiger partial charge in [-0.2, -0.15) is 0 Å². The van der Waals surface area contributed by atoms with Crippen LogP contribution in [0, 0.1) is 5.41 Å². The zero-order valence-electron chi connectivity index (χ0n) is 7.27. The number of ketones is 1. The molecule has 0 aromatic rings. The van der Waals surface area contributed by atoms with Gasteiger partial charge in [0.05, 0.1) is 0 Å². The molecule has 0 aliphatic carbocycles. The molecule has 0 aromatic carbocycles. The zero-order valence-corrected chi connectivity index (χ0v) is 7.27. The first kappa shape index (κ1) is 9.41. The van der Waals surface area contributed by atoms with Gasteiger partial charge in [-0.3, -0.25) is 4.79 Å². The van der Waals surface area contributed by atoms with Crippen LogP contribution in [-0.4, -0.2) is 5.78 Å². The molecule has 0 fully saturated rings. The third-order valence-electron chi connectivity index (χ3n) is 1.02. The van der Waals surface area contributed by atoms with Crippen LogP contribution in [0.2, 0.25) is 0 Å². The van der Waals surface area contributed by atoms with Crippen molar-refractivity contribution in [2.45, 2.75) is 34.1 Å². The Morgan fingerprint density at radius 2 is 1.90 bits per heavy atom. The van der Waals surface area contributed by atoms with E-state index < -0.39 is 0 Å². The number of hydrogen-bond acceptors (Lipinski definition) is 1. The average Bonchev–Trinajstić information content (AvgIpc) is 1.59. The fourth-order valence-electron chi connectivity index (χ4n) is 0.578. The van der Waals surface area contributed by atoms with Gasteiger partial charge in [0.15, 0.2) is 0 Å². The lowest BCUT2D eigenvalue weighted by Crippen LogP contribution is -1.98. The highest BCUT2D eigenvalue weighted by atomic mass is 16.1. The van der Waals surface area contributed by atoms with Crippen molar-refractivity contribution in [3.8, 4) is 0 Å². The van der Waals surface area contributed by atoms with E-state index in [2.05, 4.69) is 26.8 Å². The molecule has 58 valence electrons. The minimum absolute atomic E-state index is 0.204. The van der Waals surface area contributed by atoms with Crippen LogP contribution < -0.4 is 0 Å². The van der Waals surface area contributed by atoms with Crippen LogP contribution in [0.25, 0.3) is 0 Å². The molecule has 0 heterocycles. The molecule has 0 N–H and O–H groups in total. The fourth-order valence-corrected chi connectivity index (χ4v) is 0.578. The van der Waals surface area contributed by atoms with Crippen LogP contribution in [0.1, 0.15) is 34.1 Å². The van der Waals surface area contributed by atoms with Crippen molar-refractivity contribution in [3.63, 3.8) is 0 Å². The van der Waals surface area contributed by atoms with E-state index in [1.165, 1.54) is 0 Å². The van der Waals surface area contributed by atoms with Crippen molar-refractivity contribution in [1.29, 1.82) is 0 Å².